The van der Waals surface area contributed by atoms with Crippen LogP contribution in [0, 0.1) is 6.92 Å². The highest BCUT2D eigenvalue weighted by atomic mass is 32.1. The average molecular weight is 325 g/mol. The van der Waals surface area contributed by atoms with Crippen molar-refractivity contribution in [2.45, 2.75) is 26.3 Å². The summed E-state index contributed by atoms with van der Waals surface area (Å²) in [5.41, 5.74) is 4.94. The summed E-state index contributed by atoms with van der Waals surface area (Å²) in [6.07, 6.45) is 2.03. The summed E-state index contributed by atoms with van der Waals surface area (Å²) < 4.78 is 0. The van der Waals surface area contributed by atoms with Crippen molar-refractivity contribution in [2.75, 3.05) is 13.1 Å². The number of nitrogens with zero attached hydrogens (tertiary/aromatic N) is 4. The molecule has 118 valence electrons. The van der Waals surface area contributed by atoms with Gasteiger partial charge in [-0.2, -0.15) is 5.10 Å². The highest BCUT2D eigenvalue weighted by Crippen LogP contribution is 2.27. The van der Waals surface area contributed by atoms with Gasteiger partial charge in [0.1, 0.15) is 10.0 Å². The van der Waals surface area contributed by atoms with Crippen LogP contribution in [0.3, 0.4) is 0 Å². The van der Waals surface area contributed by atoms with E-state index >= 15 is 0 Å². The fourth-order valence-corrected chi connectivity index (χ4v) is 3.87. The highest BCUT2D eigenvalue weighted by molar-refractivity contribution is 7.11. The number of hydrogen-bond acceptors (Lipinski definition) is 5. The normalized spacial score (nSPS) is 15.3. The van der Waals surface area contributed by atoms with Crippen LogP contribution in [-0.2, 0) is 19.4 Å². The molecule has 3 aromatic rings. The molecule has 6 heteroatoms. The number of H-pyrrole nitrogens is 1. The highest BCUT2D eigenvalue weighted by Gasteiger charge is 2.20. The number of nitrogens with one attached hydrogen (secondary N) is 1. The number of aromatic nitrogens is 4. The summed E-state index contributed by atoms with van der Waals surface area (Å²) in [4.78, 5) is 2.46. The van der Waals surface area contributed by atoms with Crippen molar-refractivity contribution in [3.63, 3.8) is 0 Å². The van der Waals surface area contributed by atoms with Crippen LogP contribution in [-0.4, -0.2) is 38.4 Å². The Balaban J connectivity index is 1.52. The maximum Gasteiger partial charge on any atom is 0.131 e. The van der Waals surface area contributed by atoms with Crippen LogP contribution in [0.5, 0.6) is 0 Å². The monoisotopic (exact) mass is 325 g/mol. The van der Waals surface area contributed by atoms with Crippen LogP contribution in [0.2, 0.25) is 0 Å². The lowest BCUT2D eigenvalue weighted by Crippen LogP contribution is -2.26. The minimum atomic E-state index is 0.893. The van der Waals surface area contributed by atoms with Crippen LogP contribution in [0.1, 0.15) is 21.3 Å². The predicted molar refractivity (Wildman–Crippen MR) is 91.4 cm³/mol. The fourth-order valence-electron chi connectivity index (χ4n) is 3.11. The molecule has 1 aromatic carbocycles. The van der Waals surface area contributed by atoms with Crippen LogP contribution in [0.15, 0.2) is 30.3 Å². The molecular formula is C17H19N5S. The van der Waals surface area contributed by atoms with Gasteiger partial charge >= 0.3 is 0 Å². The Kier molecular flexibility index (Phi) is 3.93. The fraction of sp³-hybridized carbons (Fsp3) is 0.353. The predicted octanol–water partition coefficient (Wildman–Crippen LogP) is 2.84. The van der Waals surface area contributed by atoms with Crippen molar-refractivity contribution in [1.82, 2.24) is 25.3 Å². The topological polar surface area (TPSA) is 57.7 Å². The van der Waals surface area contributed by atoms with Gasteiger partial charge in [-0.05, 0) is 13.3 Å². The Bertz CT molecular complexity index is 792. The van der Waals surface area contributed by atoms with Gasteiger partial charge in [-0.3, -0.25) is 10.00 Å². The minimum Gasteiger partial charge on any atom is -0.296 e. The smallest absolute Gasteiger partial charge is 0.131 e. The molecule has 0 atom stereocenters. The number of benzene rings is 1. The molecule has 0 bridgehead atoms. The SMILES string of the molecule is Cc1nnc(CN2CCc3[nH]nc(-c4ccccc4)c3CC2)s1. The van der Waals surface area contributed by atoms with Gasteiger partial charge in [0.2, 0.25) is 0 Å². The van der Waals surface area contributed by atoms with Crippen molar-refractivity contribution in [2.24, 2.45) is 0 Å². The maximum absolute atomic E-state index is 4.56. The van der Waals surface area contributed by atoms with Gasteiger partial charge in [0.15, 0.2) is 0 Å². The second-order valence-electron chi connectivity index (χ2n) is 5.89. The molecular weight excluding hydrogens is 306 g/mol. The molecule has 0 fully saturated rings. The summed E-state index contributed by atoms with van der Waals surface area (Å²) in [6.45, 7) is 4.96. The second-order valence-corrected chi connectivity index (χ2v) is 7.15. The lowest BCUT2D eigenvalue weighted by atomic mass is 10.0. The molecule has 0 saturated carbocycles. The van der Waals surface area contributed by atoms with E-state index in [1.165, 1.54) is 16.8 Å². The van der Waals surface area contributed by atoms with Gasteiger partial charge in [0.25, 0.3) is 0 Å². The van der Waals surface area contributed by atoms with Gasteiger partial charge in [0, 0.05) is 36.3 Å². The standard InChI is InChI=1S/C17H19N5S/c1-12-18-20-16(23-12)11-22-9-7-14-15(8-10-22)19-21-17(14)13-5-3-2-4-6-13/h2-6H,7-11H2,1H3,(H,19,21). The molecule has 1 N–H and O–H groups in total. The van der Waals surface area contributed by atoms with Crippen LogP contribution >= 0.6 is 11.3 Å². The van der Waals surface area contributed by atoms with Gasteiger partial charge in [-0.1, -0.05) is 30.3 Å². The van der Waals surface area contributed by atoms with E-state index in [2.05, 4.69) is 49.6 Å². The lowest BCUT2D eigenvalue weighted by molar-refractivity contribution is 0.277. The van der Waals surface area contributed by atoms with Crippen molar-refractivity contribution in [3.8, 4) is 11.3 Å². The molecule has 0 saturated heterocycles. The number of rotatable bonds is 3. The van der Waals surface area contributed by atoms with Crippen molar-refractivity contribution in [1.29, 1.82) is 0 Å². The van der Waals surface area contributed by atoms with E-state index in [1.54, 1.807) is 11.3 Å². The summed E-state index contributed by atoms with van der Waals surface area (Å²) in [5, 5.41) is 18.3. The zero-order chi connectivity index (χ0) is 15.6. The number of fused-ring (bicyclic) bond motifs is 1. The first-order chi connectivity index (χ1) is 11.3. The molecule has 1 aliphatic rings. The molecule has 23 heavy (non-hydrogen) atoms. The molecule has 0 amide bonds. The zero-order valence-electron chi connectivity index (χ0n) is 13.1. The van der Waals surface area contributed by atoms with Crippen molar-refractivity contribution in [3.05, 3.63) is 51.6 Å². The van der Waals surface area contributed by atoms with E-state index in [-0.39, 0.29) is 0 Å². The third-order valence-electron chi connectivity index (χ3n) is 4.28. The quantitative estimate of drug-likeness (QED) is 0.804. The lowest BCUT2D eigenvalue weighted by Gasteiger charge is -2.17. The summed E-state index contributed by atoms with van der Waals surface area (Å²) >= 11 is 1.69. The van der Waals surface area contributed by atoms with Gasteiger partial charge in [-0.15, -0.1) is 21.5 Å². The summed E-state index contributed by atoms with van der Waals surface area (Å²) in [7, 11) is 0. The Hall–Kier alpha value is -2.05. The molecule has 4 rings (SSSR count). The Morgan fingerprint density at radius 3 is 2.74 bits per heavy atom. The van der Waals surface area contributed by atoms with Crippen molar-refractivity contribution >= 4 is 11.3 Å². The molecule has 0 unspecified atom stereocenters. The van der Waals surface area contributed by atoms with E-state index < -0.39 is 0 Å². The second kappa shape index (κ2) is 6.22. The van der Waals surface area contributed by atoms with E-state index in [9.17, 15) is 0 Å². The maximum atomic E-state index is 4.56. The number of hydrogen-bond donors (Lipinski definition) is 1. The Morgan fingerprint density at radius 1 is 1.13 bits per heavy atom. The van der Waals surface area contributed by atoms with Crippen molar-refractivity contribution < 1.29 is 0 Å². The molecule has 0 radical (unpaired) electrons. The van der Waals surface area contributed by atoms with Crippen LogP contribution in [0.4, 0.5) is 0 Å². The number of aromatic amines is 1. The third-order valence-corrected chi connectivity index (χ3v) is 5.11. The molecule has 0 aliphatic carbocycles. The molecule has 0 spiro atoms. The first-order valence-electron chi connectivity index (χ1n) is 7.92. The largest absolute Gasteiger partial charge is 0.296 e. The third kappa shape index (κ3) is 3.04. The Labute approximate surface area is 139 Å². The van der Waals surface area contributed by atoms with Gasteiger partial charge in [0.05, 0.1) is 12.2 Å². The van der Waals surface area contributed by atoms with Gasteiger partial charge in [-0.25, -0.2) is 0 Å². The molecule has 5 nitrogen and oxygen atoms in total. The molecule has 2 aromatic heterocycles. The van der Waals surface area contributed by atoms with E-state index in [1.807, 2.05) is 13.0 Å². The summed E-state index contributed by atoms with van der Waals surface area (Å²) in [5.74, 6) is 0. The van der Waals surface area contributed by atoms with E-state index in [4.69, 9.17) is 0 Å². The van der Waals surface area contributed by atoms with Crippen LogP contribution < -0.4 is 0 Å². The summed E-state index contributed by atoms with van der Waals surface area (Å²) in [6, 6.07) is 10.4. The van der Waals surface area contributed by atoms with Gasteiger partial charge < -0.3 is 0 Å². The average Bonchev–Trinajstić information content (AvgIpc) is 3.11. The number of aryl methyl sites for hydroxylation is 1. The first-order valence-corrected chi connectivity index (χ1v) is 8.74. The molecule has 1 aliphatic heterocycles. The minimum absolute atomic E-state index is 0.893. The van der Waals surface area contributed by atoms with E-state index in [0.29, 0.717) is 0 Å². The van der Waals surface area contributed by atoms with E-state index in [0.717, 1.165) is 48.2 Å². The zero-order valence-corrected chi connectivity index (χ0v) is 13.9. The molecule has 3 heterocycles. The Morgan fingerprint density at radius 2 is 1.96 bits per heavy atom. The van der Waals surface area contributed by atoms with Crippen LogP contribution in [0.25, 0.3) is 11.3 Å². The first kappa shape index (κ1) is 14.5.